The molecule has 1 fully saturated rings. The SMILES string of the molecule is CC(C)C1CC(CO)(NCC(F)(F)F)CCO1. The van der Waals surface area contributed by atoms with Crippen LogP contribution in [0.5, 0.6) is 0 Å². The van der Waals surface area contributed by atoms with Gasteiger partial charge in [0, 0.05) is 12.1 Å². The van der Waals surface area contributed by atoms with Crippen molar-refractivity contribution in [2.75, 3.05) is 19.8 Å². The molecule has 3 nitrogen and oxygen atoms in total. The van der Waals surface area contributed by atoms with Gasteiger partial charge < -0.3 is 15.2 Å². The van der Waals surface area contributed by atoms with E-state index in [1.54, 1.807) is 0 Å². The predicted octanol–water partition coefficient (Wildman–Crippen LogP) is 1.70. The zero-order chi connectivity index (χ0) is 13.1. The molecule has 1 heterocycles. The third kappa shape index (κ3) is 4.44. The molecular formula is C11H20F3NO2. The van der Waals surface area contributed by atoms with E-state index in [1.165, 1.54) is 0 Å². The fraction of sp³-hybridized carbons (Fsp3) is 1.00. The van der Waals surface area contributed by atoms with E-state index in [0.29, 0.717) is 19.4 Å². The van der Waals surface area contributed by atoms with Crippen molar-refractivity contribution >= 4 is 0 Å². The Bertz CT molecular complexity index is 245. The molecule has 0 amide bonds. The maximum Gasteiger partial charge on any atom is 0.401 e. The summed E-state index contributed by atoms with van der Waals surface area (Å²) in [5, 5.41) is 11.8. The average Bonchev–Trinajstić information content (AvgIpc) is 2.26. The highest BCUT2D eigenvalue weighted by Gasteiger charge is 2.40. The summed E-state index contributed by atoms with van der Waals surface area (Å²) in [7, 11) is 0. The van der Waals surface area contributed by atoms with Crippen LogP contribution in [0.4, 0.5) is 13.2 Å². The summed E-state index contributed by atoms with van der Waals surface area (Å²) >= 11 is 0. The van der Waals surface area contributed by atoms with Crippen molar-refractivity contribution in [1.29, 1.82) is 0 Å². The Labute approximate surface area is 99.3 Å². The van der Waals surface area contributed by atoms with Gasteiger partial charge in [0.2, 0.25) is 0 Å². The molecule has 1 rings (SSSR count). The van der Waals surface area contributed by atoms with Crippen molar-refractivity contribution in [1.82, 2.24) is 5.32 Å². The van der Waals surface area contributed by atoms with E-state index in [1.807, 2.05) is 13.8 Å². The second-order valence-electron chi connectivity index (χ2n) is 5.01. The topological polar surface area (TPSA) is 41.5 Å². The number of rotatable bonds is 4. The Morgan fingerprint density at radius 3 is 2.59 bits per heavy atom. The Morgan fingerprint density at radius 1 is 1.47 bits per heavy atom. The molecule has 0 radical (unpaired) electrons. The van der Waals surface area contributed by atoms with Crippen LogP contribution in [0.25, 0.3) is 0 Å². The quantitative estimate of drug-likeness (QED) is 0.803. The maximum atomic E-state index is 12.2. The molecule has 1 aliphatic rings. The molecule has 17 heavy (non-hydrogen) atoms. The van der Waals surface area contributed by atoms with E-state index < -0.39 is 18.3 Å². The lowest BCUT2D eigenvalue weighted by Crippen LogP contribution is -2.57. The Kier molecular flexibility index (Phi) is 4.80. The van der Waals surface area contributed by atoms with Crippen LogP contribution in [-0.4, -0.2) is 42.7 Å². The minimum Gasteiger partial charge on any atom is -0.394 e. The molecule has 2 N–H and O–H groups in total. The molecule has 0 spiro atoms. The van der Waals surface area contributed by atoms with Crippen molar-refractivity contribution in [2.45, 2.75) is 44.5 Å². The number of aliphatic hydroxyl groups excluding tert-OH is 1. The van der Waals surface area contributed by atoms with E-state index >= 15 is 0 Å². The van der Waals surface area contributed by atoms with Gasteiger partial charge in [-0.2, -0.15) is 13.2 Å². The number of ether oxygens (including phenoxy) is 1. The maximum absolute atomic E-state index is 12.2. The summed E-state index contributed by atoms with van der Waals surface area (Å²) < 4.78 is 42.1. The minimum absolute atomic E-state index is 0.100. The highest BCUT2D eigenvalue weighted by Crippen LogP contribution is 2.29. The molecule has 0 aromatic heterocycles. The van der Waals surface area contributed by atoms with Gasteiger partial charge in [0.1, 0.15) is 0 Å². The van der Waals surface area contributed by atoms with E-state index in [9.17, 15) is 18.3 Å². The average molecular weight is 255 g/mol. The third-order valence-electron chi connectivity index (χ3n) is 3.21. The number of aliphatic hydroxyl groups is 1. The lowest BCUT2D eigenvalue weighted by molar-refractivity contribution is -0.137. The van der Waals surface area contributed by atoms with Crippen molar-refractivity contribution in [3.05, 3.63) is 0 Å². The molecule has 102 valence electrons. The molecule has 0 aromatic rings. The molecule has 2 unspecified atom stereocenters. The summed E-state index contributed by atoms with van der Waals surface area (Å²) in [5.41, 5.74) is -0.858. The zero-order valence-electron chi connectivity index (χ0n) is 10.2. The molecule has 0 aromatic carbocycles. The Hall–Kier alpha value is -0.330. The first kappa shape index (κ1) is 14.7. The first-order valence-electron chi connectivity index (χ1n) is 5.82. The van der Waals surface area contributed by atoms with Crippen LogP contribution in [0, 0.1) is 5.92 Å². The van der Waals surface area contributed by atoms with Gasteiger partial charge in [-0.3, -0.25) is 0 Å². The molecule has 0 aliphatic carbocycles. The van der Waals surface area contributed by atoms with E-state index in [2.05, 4.69) is 5.32 Å². The van der Waals surface area contributed by atoms with Gasteiger partial charge in [-0.1, -0.05) is 13.8 Å². The van der Waals surface area contributed by atoms with Gasteiger partial charge in [-0.25, -0.2) is 0 Å². The van der Waals surface area contributed by atoms with Crippen molar-refractivity contribution < 1.29 is 23.0 Å². The largest absolute Gasteiger partial charge is 0.401 e. The standard InChI is InChI=1S/C11H20F3NO2/c1-8(2)9-5-10(7-16,3-4-17-9)15-6-11(12,13)14/h8-9,15-16H,3-7H2,1-2H3. The first-order chi connectivity index (χ1) is 7.78. The fourth-order valence-corrected chi connectivity index (χ4v) is 2.03. The fourth-order valence-electron chi connectivity index (χ4n) is 2.03. The second kappa shape index (κ2) is 5.54. The van der Waals surface area contributed by atoms with Gasteiger partial charge in [0.15, 0.2) is 0 Å². The van der Waals surface area contributed by atoms with Crippen LogP contribution >= 0.6 is 0 Å². The highest BCUT2D eigenvalue weighted by molar-refractivity contribution is 4.94. The summed E-state index contributed by atoms with van der Waals surface area (Å²) in [5.74, 6) is 0.230. The van der Waals surface area contributed by atoms with Crippen LogP contribution in [0.1, 0.15) is 26.7 Å². The molecule has 0 bridgehead atoms. The number of hydrogen-bond donors (Lipinski definition) is 2. The monoisotopic (exact) mass is 255 g/mol. The van der Waals surface area contributed by atoms with E-state index in [0.717, 1.165) is 0 Å². The highest BCUT2D eigenvalue weighted by atomic mass is 19.4. The number of halogens is 3. The number of nitrogens with one attached hydrogen (secondary N) is 1. The van der Waals surface area contributed by atoms with Crippen molar-refractivity contribution in [2.24, 2.45) is 5.92 Å². The predicted molar refractivity (Wildman–Crippen MR) is 57.7 cm³/mol. The lowest BCUT2D eigenvalue weighted by atomic mass is 9.84. The third-order valence-corrected chi connectivity index (χ3v) is 3.21. The normalized spacial score (nSPS) is 30.9. The van der Waals surface area contributed by atoms with Crippen LogP contribution in [0.3, 0.4) is 0 Å². The summed E-state index contributed by atoms with van der Waals surface area (Å²) in [6, 6.07) is 0. The smallest absolute Gasteiger partial charge is 0.394 e. The molecule has 1 saturated heterocycles. The van der Waals surface area contributed by atoms with Crippen molar-refractivity contribution in [3.8, 4) is 0 Å². The van der Waals surface area contributed by atoms with Gasteiger partial charge >= 0.3 is 6.18 Å². The van der Waals surface area contributed by atoms with Gasteiger partial charge in [0.05, 0.1) is 19.3 Å². The van der Waals surface area contributed by atoms with Crippen LogP contribution < -0.4 is 5.32 Å². The molecular weight excluding hydrogens is 235 g/mol. The van der Waals surface area contributed by atoms with Crippen LogP contribution in [0.15, 0.2) is 0 Å². The van der Waals surface area contributed by atoms with E-state index in [4.69, 9.17) is 4.74 Å². The van der Waals surface area contributed by atoms with Crippen LogP contribution in [-0.2, 0) is 4.74 Å². The first-order valence-corrected chi connectivity index (χ1v) is 5.82. The second-order valence-corrected chi connectivity index (χ2v) is 5.01. The van der Waals surface area contributed by atoms with Gasteiger partial charge in [0.25, 0.3) is 0 Å². The van der Waals surface area contributed by atoms with Gasteiger partial charge in [-0.05, 0) is 18.8 Å². The number of alkyl halides is 3. The Balaban J connectivity index is 2.61. The minimum atomic E-state index is -4.26. The van der Waals surface area contributed by atoms with Crippen molar-refractivity contribution in [3.63, 3.8) is 0 Å². The van der Waals surface area contributed by atoms with Gasteiger partial charge in [-0.15, -0.1) is 0 Å². The zero-order valence-corrected chi connectivity index (χ0v) is 10.2. The summed E-state index contributed by atoms with van der Waals surface area (Å²) in [6.45, 7) is 2.94. The summed E-state index contributed by atoms with van der Waals surface area (Å²) in [4.78, 5) is 0. The molecule has 0 saturated carbocycles. The molecule has 2 atom stereocenters. The summed E-state index contributed by atoms with van der Waals surface area (Å²) in [6.07, 6.45) is -3.54. The molecule has 1 aliphatic heterocycles. The van der Waals surface area contributed by atoms with Crippen LogP contribution in [0.2, 0.25) is 0 Å². The Morgan fingerprint density at radius 2 is 2.12 bits per heavy atom. The lowest BCUT2D eigenvalue weighted by Gasteiger charge is -2.42. The molecule has 6 heteroatoms. The van der Waals surface area contributed by atoms with E-state index in [-0.39, 0.29) is 18.6 Å². The number of hydrogen-bond acceptors (Lipinski definition) is 3.